The van der Waals surface area contributed by atoms with Gasteiger partial charge < -0.3 is 30.5 Å². The SMILES string of the molecule is C=C(C)OC(=O)N[C@H]1CCCCC/C=C\[C@@H]2C[C@@]2(C(=O)NS(=O)(=O)C2CC2)NC(=O)[C@@H]2C[C@@H](NC(=S)N3CCc4ccccc4C3)CN2C1=O. The van der Waals surface area contributed by atoms with Crippen molar-refractivity contribution in [3.63, 3.8) is 0 Å². The third-order valence-corrected chi connectivity index (χ3v) is 12.4. The average Bonchev–Trinajstić information content (AvgIpc) is 3.99. The van der Waals surface area contributed by atoms with Crippen LogP contribution in [0.15, 0.2) is 48.8 Å². The molecule has 1 aromatic carbocycles. The largest absolute Gasteiger partial charge is 0.416 e. The molecule has 3 heterocycles. The molecule has 0 unspecified atom stereocenters. The van der Waals surface area contributed by atoms with Gasteiger partial charge in [-0.15, -0.1) is 0 Å². The van der Waals surface area contributed by atoms with E-state index in [4.69, 9.17) is 17.0 Å². The standard InChI is InChI=1S/C35H46N6O7S2/c1-22(2)48-34(45)37-28-13-7-5-3-4-6-12-25-19-35(25,32(44)39-50(46,47)27-14-15-27)38-30(42)29-18-26(21-41(29)31(28)43)36-33(49)40-17-16-23-10-8-9-11-24(23)20-40/h6,8-12,25-29H,1,3-5,7,13-21H2,2H3,(H,36,49)(H,37,45)(H,38,42)(H,39,44)/b12-6-/t25-,26-,28+,29+,35-/m1/s1. The van der Waals surface area contributed by atoms with Crippen LogP contribution in [0.4, 0.5) is 4.79 Å². The Morgan fingerprint density at radius 1 is 1.08 bits per heavy atom. The number of hydrogen-bond acceptors (Lipinski definition) is 8. The Kier molecular flexibility index (Phi) is 10.5. The van der Waals surface area contributed by atoms with Crippen LogP contribution < -0.4 is 20.7 Å². The summed E-state index contributed by atoms with van der Waals surface area (Å²) in [5, 5.41) is 8.84. The van der Waals surface area contributed by atoms with Crippen LogP contribution in [-0.4, -0.2) is 89.1 Å². The van der Waals surface area contributed by atoms with E-state index >= 15 is 0 Å². The van der Waals surface area contributed by atoms with Crippen molar-refractivity contribution >= 4 is 51.2 Å². The van der Waals surface area contributed by atoms with Crippen molar-refractivity contribution in [3.05, 3.63) is 59.9 Å². The van der Waals surface area contributed by atoms with Gasteiger partial charge in [0, 0.05) is 31.6 Å². The minimum atomic E-state index is -3.86. The number of nitrogens with one attached hydrogen (secondary N) is 4. The average molecular weight is 727 g/mol. The minimum absolute atomic E-state index is 0.119. The number of thiocarbonyl (C=S) groups is 1. The number of rotatable bonds is 6. The maximum Gasteiger partial charge on any atom is 0.412 e. The van der Waals surface area contributed by atoms with Gasteiger partial charge in [-0.05, 0) is 81.6 Å². The third-order valence-electron chi connectivity index (χ3n) is 10.2. The summed E-state index contributed by atoms with van der Waals surface area (Å²) >= 11 is 5.83. The molecule has 0 aromatic heterocycles. The fraction of sp³-hybridized carbons (Fsp3) is 0.571. The zero-order valence-corrected chi connectivity index (χ0v) is 30.0. The zero-order chi connectivity index (χ0) is 35.6. The normalized spacial score (nSPS) is 29.1. The lowest BCUT2D eigenvalue weighted by Gasteiger charge is -2.32. The maximum atomic E-state index is 14.3. The molecule has 0 spiro atoms. The number of carbonyl (C=O) groups excluding carboxylic acids is 4. The molecule has 0 bridgehead atoms. The van der Waals surface area contributed by atoms with Crippen molar-refractivity contribution in [1.29, 1.82) is 0 Å². The fourth-order valence-electron chi connectivity index (χ4n) is 7.17. The highest BCUT2D eigenvalue weighted by atomic mass is 32.2. The lowest BCUT2D eigenvalue weighted by atomic mass is 10.0. The Bertz CT molecular complexity index is 1700. The molecule has 2 aliphatic carbocycles. The van der Waals surface area contributed by atoms with E-state index < -0.39 is 68.7 Å². The Morgan fingerprint density at radius 2 is 1.84 bits per heavy atom. The number of amides is 4. The number of allylic oxidation sites excluding steroid dienone is 2. The van der Waals surface area contributed by atoms with Gasteiger partial charge in [0.25, 0.3) is 5.91 Å². The topological polar surface area (TPSA) is 166 Å². The molecule has 3 aliphatic heterocycles. The molecule has 0 radical (unpaired) electrons. The number of nitrogens with zero attached hydrogens (tertiary/aromatic N) is 2. The highest BCUT2D eigenvalue weighted by Crippen LogP contribution is 2.46. The molecule has 4 N–H and O–H groups in total. The van der Waals surface area contributed by atoms with Crippen LogP contribution in [-0.2, 0) is 42.1 Å². The van der Waals surface area contributed by atoms with E-state index in [0.29, 0.717) is 43.8 Å². The molecule has 5 atom stereocenters. The van der Waals surface area contributed by atoms with E-state index in [1.165, 1.54) is 23.0 Å². The highest BCUT2D eigenvalue weighted by molar-refractivity contribution is 7.91. The van der Waals surface area contributed by atoms with Crippen LogP contribution in [0.5, 0.6) is 0 Å². The first-order valence-corrected chi connectivity index (χ1v) is 19.4. The van der Waals surface area contributed by atoms with Crippen molar-refractivity contribution in [1.82, 2.24) is 30.5 Å². The Balaban J connectivity index is 1.24. The molecule has 6 rings (SSSR count). The summed E-state index contributed by atoms with van der Waals surface area (Å²) < 4.78 is 32.9. The van der Waals surface area contributed by atoms with Gasteiger partial charge in [-0.25, -0.2) is 13.2 Å². The molecule has 4 amide bonds. The lowest BCUT2D eigenvalue weighted by molar-refractivity contribution is -0.141. The smallest absolute Gasteiger partial charge is 0.412 e. The van der Waals surface area contributed by atoms with Crippen LogP contribution in [0.3, 0.4) is 0 Å². The molecular formula is C35H46N6O7S2. The predicted molar refractivity (Wildman–Crippen MR) is 190 cm³/mol. The number of fused-ring (bicyclic) bond motifs is 3. The summed E-state index contributed by atoms with van der Waals surface area (Å²) in [4.78, 5) is 58.3. The third kappa shape index (κ3) is 8.14. The van der Waals surface area contributed by atoms with Crippen LogP contribution in [0.25, 0.3) is 0 Å². The molecule has 1 aromatic rings. The zero-order valence-electron chi connectivity index (χ0n) is 28.3. The summed E-state index contributed by atoms with van der Waals surface area (Å²) in [5.74, 6) is -2.03. The van der Waals surface area contributed by atoms with Gasteiger partial charge in [-0.2, -0.15) is 0 Å². The number of alkyl carbamates (subject to hydrolysis) is 1. The second kappa shape index (κ2) is 14.7. The second-order valence-corrected chi connectivity index (χ2v) is 16.5. The van der Waals surface area contributed by atoms with Gasteiger partial charge >= 0.3 is 6.09 Å². The Hall–Kier alpha value is -3.98. The van der Waals surface area contributed by atoms with Crippen LogP contribution >= 0.6 is 12.2 Å². The van der Waals surface area contributed by atoms with Crippen LogP contribution in [0.2, 0.25) is 0 Å². The van der Waals surface area contributed by atoms with Gasteiger partial charge in [0.2, 0.25) is 21.8 Å². The molecule has 2 saturated carbocycles. The molecule has 50 heavy (non-hydrogen) atoms. The van der Waals surface area contributed by atoms with Gasteiger partial charge in [-0.3, -0.25) is 19.1 Å². The molecule has 15 heteroatoms. The first kappa shape index (κ1) is 35.8. The molecule has 13 nitrogen and oxygen atoms in total. The van der Waals surface area contributed by atoms with Gasteiger partial charge in [0.15, 0.2) is 5.11 Å². The Labute approximate surface area is 298 Å². The molecule has 1 saturated heterocycles. The number of sulfonamides is 1. The monoisotopic (exact) mass is 726 g/mol. The molecular weight excluding hydrogens is 681 g/mol. The fourth-order valence-corrected chi connectivity index (χ4v) is 8.86. The molecule has 270 valence electrons. The summed E-state index contributed by atoms with van der Waals surface area (Å²) in [5.41, 5.74) is 1.00. The quantitative estimate of drug-likeness (QED) is 0.195. The van der Waals surface area contributed by atoms with E-state index in [1.54, 1.807) is 0 Å². The van der Waals surface area contributed by atoms with Crippen molar-refractivity contribution in [2.75, 3.05) is 13.1 Å². The van der Waals surface area contributed by atoms with Crippen molar-refractivity contribution in [2.45, 2.75) is 107 Å². The van der Waals surface area contributed by atoms with Gasteiger partial charge in [0.05, 0.1) is 11.0 Å². The number of carbonyl (C=O) groups is 4. The number of hydrogen-bond donors (Lipinski definition) is 4. The first-order valence-electron chi connectivity index (χ1n) is 17.5. The van der Waals surface area contributed by atoms with E-state index in [0.717, 1.165) is 25.8 Å². The highest BCUT2D eigenvalue weighted by Gasteiger charge is 2.62. The van der Waals surface area contributed by atoms with Crippen LogP contribution in [0.1, 0.15) is 75.8 Å². The second-order valence-electron chi connectivity index (χ2n) is 14.1. The predicted octanol–water partition coefficient (Wildman–Crippen LogP) is 2.52. The van der Waals surface area contributed by atoms with E-state index in [2.05, 4.69) is 44.3 Å². The molecule has 5 aliphatic rings. The van der Waals surface area contributed by atoms with E-state index in [-0.39, 0.29) is 25.1 Å². The van der Waals surface area contributed by atoms with Crippen molar-refractivity contribution in [3.8, 4) is 0 Å². The summed E-state index contributed by atoms with van der Waals surface area (Å²) in [6.07, 6.45) is 8.50. The minimum Gasteiger partial charge on any atom is -0.416 e. The lowest BCUT2D eigenvalue weighted by Crippen LogP contribution is -2.58. The van der Waals surface area contributed by atoms with Crippen molar-refractivity contribution < 1.29 is 32.3 Å². The molecule has 3 fully saturated rings. The number of benzene rings is 1. The summed E-state index contributed by atoms with van der Waals surface area (Å²) in [6, 6.07) is 5.80. The number of ether oxygens (including phenoxy) is 1. The van der Waals surface area contributed by atoms with E-state index in [1.807, 2.05) is 24.3 Å². The Morgan fingerprint density at radius 3 is 2.58 bits per heavy atom. The van der Waals surface area contributed by atoms with Crippen LogP contribution in [0, 0.1) is 5.92 Å². The van der Waals surface area contributed by atoms with Gasteiger partial charge in [-0.1, -0.05) is 55.8 Å². The first-order chi connectivity index (χ1) is 23.9. The summed E-state index contributed by atoms with van der Waals surface area (Å²) in [6.45, 7) is 6.60. The maximum absolute atomic E-state index is 14.3. The van der Waals surface area contributed by atoms with Crippen molar-refractivity contribution in [2.24, 2.45) is 5.92 Å². The van der Waals surface area contributed by atoms with E-state index in [9.17, 15) is 27.6 Å². The summed E-state index contributed by atoms with van der Waals surface area (Å²) in [7, 11) is -3.86. The van der Waals surface area contributed by atoms with Gasteiger partial charge in [0.1, 0.15) is 17.6 Å².